The Bertz CT molecular complexity index is 321. The third kappa shape index (κ3) is 2.55. The summed E-state index contributed by atoms with van der Waals surface area (Å²) in [5.74, 6) is 0.616. The zero-order valence-electron chi connectivity index (χ0n) is 9.66. The second kappa shape index (κ2) is 5.68. The number of hydrogen-bond acceptors (Lipinski definition) is 5. The van der Waals surface area contributed by atoms with Gasteiger partial charge >= 0.3 is 7.12 Å². The van der Waals surface area contributed by atoms with E-state index in [1.165, 1.54) is 0 Å². The number of rotatable bonds is 5. The number of fused-ring (bicyclic) bond motifs is 1. The highest BCUT2D eigenvalue weighted by atomic mass is 16.5. The Hall–Kier alpha value is -0.815. The van der Waals surface area contributed by atoms with Crippen molar-refractivity contribution in [2.45, 2.75) is 18.3 Å². The van der Waals surface area contributed by atoms with E-state index in [0.717, 1.165) is 5.76 Å². The molecule has 4 N–H and O–H groups in total. The minimum atomic E-state index is -0.862. The van der Waals surface area contributed by atoms with Gasteiger partial charge in [-0.15, -0.1) is 0 Å². The van der Waals surface area contributed by atoms with Gasteiger partial charge in [-0.1, -0.05) is 12.2 Å². The van der Waals surface area contributed by atoms with Gasteiger partial charge in [-0.05, 0) is 6.08 Å². The van der Waals surface area contributed by atoms with E-state index >= 15 is 0 Å². The molecule has 2 aliphatic rings. The van der Waals surface area contributed by atoms with Crippen molar-refractivity contribution in [3.8, 4) is 0 Å². The summed E-state index contributed by atoms with van der Waals surface area (Å²) in [6, 6.07) is 0. The van der Waals surface area contributed by atoms with E-state index in [-0.39, 0.29) is 24.4 Å². The molecule has 2 rings (SSSR count). The molecule has 3 atom stereocenters. The molecule has 17 heavy (non-hydrogen) atoms. The van der Waals surface area contributed by atoms with Crippen molar-refractivity contribution < 1.29 is 19.5 Å². The van der Waals surface area contributed by atoms with Crippen LogP contribution >= 0.6 is 0 Å². The molecular formula is C11H18BNO4. The van der Waals surface area contributed by atoms with Crippen molar-refractivity contribution >= 4 is 7.12 Å². The van der Waals surface area contributed by atoms with E-state index in [2.05, 4.69) is 0 Å². The van der Waals surface area contributed by atoms with Crippen molar-refractivity contribution in [1.29, 1.82) is 0 Å². The van der Waals surface area contributed by atoms with Crippen LogP contribution in [0.3, 0.4) is 0 Å². The molecule has 0 amide bonds. The van der Waals surface area contributed by atoms with Crippen LogP contribution < -0.4 is 5.73 Å². The molecule has 1 aliphatic carbocycles. The summed E-state index contributed by atoms with van der Waals surface area (Å²) >= 11 is 0. The summed E-state index contributed by atoms with van der Waals surface area (Å²) in [6.45, 7) is 0.924. The van der Waals surface area contributed by atoms with Gasteiger partial charge in [-0.2, -0.15) is 0 Å². The monoisotopic (exact) mass is 239 g/mol. The topological polar surface area (TPSA) is 84.9 Å². The average molecular weight is 239 g/mol. The Morgan fingerprint density at radius 2 is 2.35 bits per heavy atom. The van der Waals surface area contributed by atoms with E-state index in [9.17, 15) is 5.02 Å². The molecule has 1 heterocycles. The lowest BCUT2D eigenvalue weighted by atomic mass is 9.65. The SMILES string of the molecule is NCC1OB(O)C2C(OCCCO)=CC=C[C@@H]12. The van der Waals surface area contributed by atoms with Gasteiger partial charge in [0.25, 0.3) is 0 Å². The van der Waals surface area contributed by atoms with Crippen LogP contribution in [-0.2, 0) is 9.39 Å². The van der Waals surface area contributed by atoms with E-state index in [1.807, 2.05) is 18.2 Å². The van der Waals surface area contributed by atoms with Crippen LogP contribution in [-0.4, -0.2) is 43.1 Å². The number of allylic oxidation sites excluding steroid dienone is 3. The van der Waals surface area contributed by atoms with Crippen molar-refractivity contribution in [1.82, 2.24) is 0 Å². The number of nitrogens with two attached hydrogens (primary N) is 1. The number of aliphatic hydroxyl groups is 1. The Kier molecular flexibility index (Phi) is 4.23. The molecule has 0 bridgehead atoms. The quantitative estimate of drug-likeness (QED) is 0.451. The standard InChI is InChI=1S/C11H18BNO4/c13-7-10-8-3-1-4-9(16-6-2-5-14)11(8)12(15)17-10/h1,3-4,8,10-11,14-15H,2,5-7,13H2/t8-,10?,11?/m0/s1. The number of hydrogen-bond donors (Lipinski definition) is 3. The van der Waals surface area contributed by atoms with Crippen LogP contribution in [0, 0.1) is 5.92 Å². The van der Waals surface area contributed by atoms with Crippen LogP contribution in [0.25, 0.3) is 0 Å². The summed E-state index contributed by atoms with van der Waals surface area (Å²) in [5.41, 5.74) is 5.61. The summed E-state index contributed by atoms with van der Waals surface area (Å²) in [7, 11) is -0.862. The van der Waals surface area contributed by atoms with Crippen molar-refractivity contribution in [2.24, 2.45) is 11.7 Å². The third-order valence-electron chi connectivity index (χ3n) is 3.19. The fraction of sp³-hybridized carbons (Fsp3) is 0.636. The predicted octanol–water partition coefficient (Wildman–Crippen LogP) is -0.337. The van der Waals surface area contributed by atoms with E-state index in [0.29, 0.717) is 19.6 Å². The van der Waals surface area contributed by atoms with Crippen molar-refractivity contribution in [3.05, 3.63) is 24.0 Å². The highest BCUT2D eigenvalue weighted by Gasteiger charge is 2.49. The first kappa shape index (κ1) is 12.6. The first-order valence-corrected chi connectivity index (χ1v) is 5.93. The zero-order chi connectivity index (χ0) is 12.3. The molecule has 0 aromatic heterocycles. The van der Waals surface area contributed by atoms with E-state index in [4.69, 9.17) is 20.2 Å². The van der Waals surface area contributed by atoms with Crippen LogP contribution in [0.5, 0.6) is 0 Å². The second-order valence-corrected chi connectivity index (χ2v) is 4.28. The highest BCUT2D eigenvalue weighted by molar-refractivity contribution is 6.47. The lowest BCUT2D eigenvalue weighted by Gasteiger charge is -2.24. The smallest absolute Gasteiger partial charge is 0.466 e. The molecule has 0 aromatic rings. The first-order valence-electron chi connectivity index (χ1n) is 5.93. The van der Waals surface area contributed by atoms with Crippen LogP contribution in [0.4, 0.5) is 0 Å². The summed E-state index contributed by atoms with van der Waals surface area (Å²) < 4.78 is 11.0. The maximum Gasteiger partial charge on any atom is 0.466 e. The second-order valence-electron chi connectivity index (χ2n) is 4.28. The van der Waals surface area contributed by atoms with Gasteiger partial charge < -0.3 is 25.3 Å². The van der Waals surface area contributed by atoms with Crippen LogP contribution in [0.15, 0.2) is 24.0 Å². The minimum Gasteiger partial charge on any atom is -0.498 e. The van der Waals surface area contributed by atoms with Gasteiger partial charge in [0, 0.05) is 25.5 Å². The van der Waals surface area contributed by atoms with Gasteiger partial charge in [0.1, 0.15) is 0 Å². The normalized spacial score (nSPS) is 31.4. The zero-order valence-corrected chi connectivity index (χ0v) is 9.66. The van der Waals surface area contributed by atoms with Crippen molar-refractivity contribution in [3.63, 3.8) is 0 Å². The molecule has 6 heteroatoms. The molecule has 0 aromatic carbocycles. The Labute approximate surface area is 101 Å². The molecule has 0 radical (unpaired) electrons. The number of ether oxygens (including phenoxy) is 1. The van der Waals surface area contributed by atoms with E-state index < -0.39 is 7.12 Å². The Morgan fingerprint density at radius 3 is 3.06 bits per heavy atom. The van der Waals surface area contributed by atoms with Crippen molar-refractivity contribution in [2.75, 3.05) is 19.8 Å². The number of aliphatic hydroxyl groups excluding tert-OH is 1. The molecule has 2 unspecified atom stereocenters. The third-order valence-corrected chi connectivity index (χ3v) is 3.19. The van der Waals surface area contributed by atoms with Gasteiger partial charge in [0.05, 0.1) is 24.3 Å². The van der Waals surface area contributed by atoms with Gasteiger partial charge in [0.2, 0.25) is 0 Å². The van der Waals surface area contributed by atoms with Gasteiger partial charge in [-0.25, -0.2) is 0 Å². The molecule has 0 spiro atoms. The molecule has 5 nitrogen and oxygen atoms in total. The lowest BCUT2D eigenvalue weighted by Crippen LogP contribution is -2.27. The fourth-order valence-electron chi connectivity index (χ4n) is 2.35. The van der Waals surface area contributed by atoms with Gasteiger partial charge in [0.15, 0.2) is 0 Å². The first-order chi connectivity index (χ1) is 8.27. The Balaban J connectivity index is 2.03. The molecule has 0 saturated carbocycles. The van der Waals surface area contributed by atoms with E-state index in [1.54, 1.807) is 0 Å². The minimum absolute atomic E-state index is 0.0733. The highest BCUT2D eigenvalue weighted by Crippen LogP contribution is 2.42. The van der Waals surface area contributed by atoms with Crippen LogP contribution in [0.2, 0.25) is 5.82 Å². The predicted molar refractivity (Wildman–Crippen MR) is 64.0 cm³/mol. The summed E-state index contributed by atoms with van der Waals surface area (Å²) in [4.78, 5) is 0. The fourth-order valence-corrected chi connectivity index (χ4v) is 2.35. The maximum atomic E-state index is 9.87. The lowest BCUT2D eigenvalue weighted by molar-refractivity contribution is 0.159. The molecule has 1 saturated heterocycles. The summed E-state index contributed by atoms with van der Waals surface area (Å²) in [6.07, 6.45) is 6.16. The largest absolute Gasteiger partial charge is 0.498 e. The molecule has 1 aliphatic heterocycles. The Morgan fingerprint density at radius 1 is 1.53 bits per heavy atom. The molecule has 94 valence electrons. The molecule has 1 fully saturated rings. The van der Waals surface area contributed by atoms with Gasteiger partial charge in [-0.3, -0.25) is 0 Å². The summed E-state index contributed by atoms with van der Waals surface area (Å²) in [5, 5.41) is 18.6. The average Bonchev–Trinajstić information content (AvgIpc) is 2.68. The van der Waals surface area contributed by atoms with Crippen LogP contribution in [0.1, 0.15) is 6.42 Å². The molecular weight excluding hydrogens is 221 g/mol. The maximum absolute atomic E-state index is 9.87.